The van der Waals surface area contributed by atoms with Gasteiger partial charge in [0.1, 0.15) is 6.61 Å². The van der Waals surface area contributed by atoms with E-state index in [-0.39, 0.29) is 0 Å². The van der Waals surface area contributed by atoms with Gasteiger partial charge in [-0.2, -0.15) is 0 Å². The van der Waals surface area contributed by atoms with Gasteiger partial charge in [0.05, 0.1) is 27.2 Å². The fourth-order valence-electron chi connectivity index (χ4n) is 3.06. The van der Waals surface area contributed by atoms with Gasteiger partial charge in [-0.1, -0.05) is 59.6 Å². The summed E-state index contributed by atoms with van der Waals surface area (Å²) in [7, 11) is 0. The van der Waals surface area contributed by atoms with Gasteiger partial charge in [0.15, 0.2) is 11.5 Å². The Morgan fingerprint density at radius 3 is 2.45 bits per heavy atom. The van der Waals surface area contributed by atoms with Gasteiger partial charge in [0.2, 0.25) is 0 Å². The van der Waals surface area contributed by atoms with Crippen LogP contribution in [0.15, 0.2) is 65.1 Å². The number of nitrogens with one attached hydrogen (secondary N) is 1. The van der Waals surface area contributed by atoms with Gasteiger partial charge >= 0.3 is 0 Å². The number of hydrogen-bond donors (Lipinski definition) is 2. The number of aliphatic hydroxyl groups is 1. The van der Waals surface area contributed by atoms with Crippen molar-refractivity contribution in [3.63, 3.8) is 0 Å². The Kier molecular flexibility index (Phi) is 9.05. The fraction of sp³-hybridized carbons (Fsp3) is 0.250. The second-order valence-corrected chi connectivity index (χ2v) is 8.60. The molecule has 0 saturated carbocycles. The minimum Gasteiger partial charge on any atom is -0.490 e. The SMILES string of the molecule is CCOc1cc(CNC[C@H](O)c2ccccc2)cc(Br)c1OCc1ccc(Cl)c(Cl)c1. The molecule has 0 aliphatic rings. The van der Waals surface area contributed by atoms with Crippen molar-refractivity contribution >= 4 is 39.1 Å². The molecule has 1 atom stereocenters. The molecule has 31 heavy (non-hydrogen) atoms. The topological polar surface area (TPSA) is 50.7 Å². The average molecular weight is 525 g/mol. The molecule has 4 nitrogen and oxygen atoms in total. The summed E-state index contributed by atoms with van der Waals surface area (Å²) in [5, 5.41) is 14.6. The Hall–Kier alpha value is -1.76. The smallest absolute Gasteiger partial charge is 0.175 e. The van der Waals surface area contributed by atoms with E-state index >= 15 is 0 Å². The summed E-state index contributed by atoms with van der Waals surface area (Å²) >= 11 is 15.7. The van der Waals surface area contributed by atoms with E-state index in [4.69, 9.17) is 32.7 Å². The van der Waals surface area contributed by atoms with Crippen LogP contribution in [0, 0.1) is 0 Å². The lowest BCUT2D eigenvalue weighted by molar-refractivity contribution is 0.174. The number of halogens is 3. The molecule has 0 fully saturated rings. The standard InChI is InChI=1S/C24H24BrCl2NO3/c1-2-30-23-12-17(13-28-14-22(29)18-6-4-3-5-7-18)10-19(25)24(23)31-15-16-8-9-20(26)21(27)11-16/h3-12,22,28-29H,2,13-15H2,1H3/t22-/m0/s1. The van der Waals surface area contributed by atoms with E-state index in [1.165, 1.54) is 0 Å². The molecule has 164 valence electrons. The van der Waals surface area contributed by atoms with Crippen molar-refractivity contribution in [1.29, 1.82) is 0 Å². The first kappa shape index (κ1) is 23.9. The van der Waals surface area contributed by atoms with Crippen molar-refractivity contribution < 1.29 is 14.6 Å². The molecule has 0 spiro atoms. The molecule has 2 N–H and O–H groups in total. The van der Waals surface area contributed by atoms with Crippen LogP contribution in [0.4, 0.5) is 0 Å². The van der Waals surface area contributed by atoms with Gasteiger partial charge in [-0.25, -0.2) is 0 Å². The summed E-state index contributed by atoms with van der Waals surface area (Å²) in [5.74, 6) is 1.28. The molecule has 0 heterocycles. The third-order valence-corrected chi connectivity index (χ3v) is 5.92. The lowest BCUT2D eigenvalue weighted by Gasteiger charge is -2.17. The molecule has 0 saturated heterocycles. The normalized spacial score (nSPS) is 11.9. The Labute approximate surface area is 201 Å². The summed E-state index contributed by atoms with van der Waals surface area (Å²) < 4.78 is 12.6. The van der Waals surface area contributed by atoms with Crippen molar-refractivity contribution in [1.82, 2.24) is 5.32 Å². The number of rotatable bonds is 10. The number of aliphatic hydroxyl groups excluding tert-OH is 1. The zero-order chi connectivity index (χ0) is 22.2. The average Bonchev–Trinajstić information content (AvgIpc) is 2.76. The van der Waals surface area contributed by atoms with Crippen LogP contribution < -0.4 is 14.8 Å². The molecular formula is C24H24BrCl2NO3. The van der Waals surface area contributed by atoms with Crippen molar-refractivity contribution in [2.75, 3.05) is 13.2 Å². The van der Waals surface area contributed by atoms with Crippen molar-refractivity contribution in [2.24, 2.45) is 0 Å². The second-order valence-electron chi connectivity index (χ2n) is 6.93. The quantitative estimate of drug-likeness (QED) is 0.315. The van der Waals surface area contributed by atoms with Gasteiger partial charge in [0, 0.05) is 13.1 Å². The second kappa shape index (κ2) is 11.7. The van der Waals surface area contributed by atoms with E-state index < -0.39 is 6.10 Å². The van der Waals surface area contributed by atoms with Crippen molar-refractivity contribution in [2.45, 2.75) is 26.2 Å². The number of benzene rings is 3. The van der Waals surface area contributed by atoms with Crippen molar-refractivity contribution in [3.8, 4) is 11.5 Å². The summed E-state index contributed by atoms with van der Waals surface area (Å²) in [4.78, 5) is 0. The highest BCUT2D eigenvalue weighted by atomic mass is 79.9. The van der Waals surface area contributed by atoms with Gasteiger partial charge in [-0.3, -0.25) is 0 Å². The van der Waals surface area contributed by atoms with E-state index in [1.807, 2.05) is 55.5 Å². The predicted molar refractivity (Wildman–Crippen MR) is 129 cm³/mol. The third-order valence-electron chi connectivity index (χ3n) is 4.59. The Balaban J connectivity index is 1.65. The molecule has 0 aromatic heterocycles. The highest BCUT2D eigenvalue weighted by molar-refractivity contribution is 9.10. The van der Waals surface area contributed by atoms with Crippen LogP contribution in [-0.4, -0.2) is 18.3 Å². The predicted octanol–water partition coefficient (Wildman–Crippen LogP) is 6.56. The summed E-state index contributed by atoms with van der Waals surface area (Å²) in [5.41, 5.74) is 2.80. The molecule has 0 amide bonds. The summed E-state index contributed by atoms with van der Waals surface area (Å²) in [6, 6.07) is 18.9. The first-order chi connectivity index (χ1) is 15.0. The molecule has 0 bridgehead atoms. The zero-order valence-electron chi connectivity index (χ0n) is 17.1. The van der Waals surface area contributed by atoms with Crippen LogP contribution in [-0.2, 0) is 13.2 Å². The highest BCUT2D eigenvalue weighted by Gasteiger charge is 2.14. The van der Waals surface area contributed by atoms with Gasteiger partial charge in [0.25, 0.3) is 0 Å². The van der Waals surface area contributed by atoms with E-state index in [1.54, 1.807) is 12.1 Å². The van der Waals surface area contributed by atoms with Crippen LogP contribution >= 0.6 is 39.1 Å². The van der Waals surface area contributed by atoms with Crippen LogP contribution in [0.25, 0.3) is 0 Å². The summed E-state index contributed by atoms with van der Waals surface area (Å²) in [6.07, 6.45) is -0.565. The van der Waals surface area contributed by atoms with E-state index in [9.17, 15) is 5.11 Å². The molecule has 0 radical (unpaired) electrons. The molecular weight excluding hydrogens is 501 g/mol. The van der Waals surface area contributed by atoms with Gasteiger partial charge < -0.3 is 19.9 Å². The minimum absolute atomic E-state index is 0.330. The van der Waals surface area contributed by atoms with Gasteiger partial charge in [-0.05, 0) is 63.8 Å². The monoisotopic (exact) mass is 523 g/mol. The van der Waals surface area contributed by atoms with Crippen LogP contribution in [0.3, 0.4) is 0 Å². The lowest BCUT2D eigenvalue weighted by Crippen LogP contribution is -2.21. The first-order valence-electron chi connectivity index (χ1n) is 9.93. The molecule has 3 rings (SSSR count). The molecule has 7 heteroatoms. The van der Waals surface area contributed by atoms with Crippen LogP contribution in [0.1, 0.15) is 29.7 Å². The number of hydrogen-bond acceptors (Lipinski definition) is 4. The largest absolute Gasteiger partial charge is 0.490 e. The first-order valence-corrected chi connectivity index (χ1v) is 11.5. The van der Waals surface area contributed by atoms with Crippen molar-refractivity contribution in [3.05, 3.63) is 91.9 Å². The molecule has 3 aromatic rings. The third kappa shape index (κ3) is 6.86. The Morgan fingerprint density at radius 2 is 1.74 bits per heavy atom. The zero-order valence-corrected chi connectivity index (χ0v) is 20.2. The van der Waals surface area contributed by atoms with E-state index in [2.05, 4.69) is 21.2 Å². The molecule has 3 aromatic carbocycles. The summed E-state index contributed by atoms with van der Waals surface area (Å²) in [6.45, 7) is 3.80. The van der Waals surface area contributed by atoms with Gasteiger partial charge in [-0.15, -0.1) is 0 Å². The minimum atomic E-state index is -0.565. The Morgan fingerprint density at radius 1 is 0.968 bits per heavy atom. The fourth-order valence-corrected chi connectivity index (χ4v) is 3.98. The molecule has 0 aliphatic carbocycles. The van der Waals surface area contributed by atoms with Crippen LogP contribution in [0.2, 0.25) is 10.0 Å². The lowest BCUT2D eigenvalue weighted by atomic mass is 10.1. The molecule has 0 unspecified atom stereocenters. The molecule has 0 aliphatic heterocycles. The maximum atomic E-state index is 10.3. The maximum Gasteiger partial charge on any atom is 0.175 e. The Bertz CT molecular complexity index is 1000. The van der Waals surface area contributed by atoms with E-state index in [0.29, 0.717) is 47.8 Å². The number of ether oxygens (including phenoxy) is 2. The highest BCUT2D eigenvalue weighted by Crippen LogP contribution is 2.37. The maximum absolute atomic E-state index is 10.3. The van der Waals surface area contributed by atoms with E-state index in [0.717, 1.165) is 21.2 Å². The van der Waals surface area contributed by atoms with Crippen LogP contribution in [0.5, 0.6) is 11.5 Å².